The molecule has 0 aliphatic heterocycles. The third kappa shape index (κ3) is 5.41. The standard InChI is InChI=1S/C15H23NO3/c1-4-12-5-7-13(8-6-12)14(17)16-11-15(2,18)9-10-19-3/h5-8,18H,4,9-11H2,1-3H3,(H,16,17). The van der Waals surface area contributed by atoms with Crippen LogP contribution in [0.5, 0.6) is 0 Å². The Bertz CT molecular complexity index is 398. The van der Waals surface area contributed by atoms with Gasteiger partial charge >= 0.3 is 0 Å². The number of hydrogen-bond acceptors (Lipinski definition) is 3. The highest BCUT2D eigenvalue weighted by atomic mass is 16.5. The topological polar surface area (TPSA) is 58.6 Å². The number of ether oxygens (including phenoxy) is 1. The Labute approximate surface area is 114 Å². The van der Waals surface area contributed by atoms with Gasteiger partial charge in [0.15, 0.2) is 0 Å². The molecule has 0 radical (unpaired) electrons. The average Bonchev–Trinajstić information content (AvgIpc) is 2.43. The van der Waals surface area contributed by atoms with Crippen molar-refractivity contribution in [3.05, 3.63) is 35.4 Å². The maximum absolute atomic E-state index is 11.9. The lowest BCUT2D eigenvalue weighted by Crippen LogP contribution is -2.41. The molecule has 0 aliphatic carbocycles. The Morgan fingerprint density at radius 2 is 2.00 bits per heavy atom. The SMILES string of the molecule is CCc1ccc(C(=O)NCC(C)(O)CCOC)cc1. The van der Waals surface area contributed by atoms with E-state index in [4.69, 9.17) is 4.74 Å². The number of hydrogen-bond donors (Lipinski definition) is 2. The molecule has 0 aliphatic rings. The molecule has 106 valence electrons. The fourth-order valence-corrected chi connectivity index (χ4v) is 1.67. The van der Waals surface area contributed by atoms with E-state index in [0.29, 0.717) is 18.6 Å². The Kier molecular flexibility index (Phi) is 5.99. The van der Waals surface area contributed by atoms with Crippen molar-refractivity contribution in [2.75, 3.05) is 20.3 Å². The minimum atomic E-state index is -0.949. The van der Waals surface area contributed by atoms with Crippen molar-refractivity contribution >= 4 is 5.91 Å². The summed E-state index contributed by atoms with van der Waals surface area (Å²) in [6, 6.07) is 7.49. The van der Waals surface area contributed by atoms with Gasteiger partial charge in [-0.15, -0.1) is 0 Å². The minimum absolute atomic E-state index is 0.166. The predicted octanol–water partition coefficient (Wildman–Crippen LogP) is 1.77. The molecule has 0 saturated carbocycles. The van der Waals surface area contributed by atoms with Crippen LogP contribution in [-0.2, 0) is 11.2 Å². The van der Waals surface area contributed by atoms with Crippen molar-refractivity contribution < 1.29 is 14.6 Å². The summed E-state index contributed by atoms with van der Waals surface area (Å²) < 4.78 is 4.92. The summed E-state index contributed by atoms with van der Waals surface area (Å²) in [5.41, 5.74) is 0.859. The first-order valence-corrected chi connectivity index (χ1v) is 6.57. The van der Waals surface area contributed by atoms with Crippen LogP contribution >= 0.6 is 0 Å². The second-order valence-electron chi connectivity index (χ2n) is 4.97. The summed E-state index contributed by atoms with van der Waals surface area (Å²) in [6.45, 7) is 4.44. The normalized spacial score (nSPS) is 13.9. The van der Waals surface area contributed by atoms with Crippen LogP contribution in [0.2, 0.25) is 0 Å². The number of methoxy groups -OCH3 is 1. The molecule has 1 unspecified atom stereocenters. The summed E-state index contributed by atoms with van der Waals surface area (Å²) in [5, 5.41) is 12.8. The Balaban J connectivity index is 2.50. The number of carbonyl (C=O) groups excluding carboxylic acids is 1. The average molecular weight is 265 g/mol. The molecule has 0 spiro atoms. The van der Waals surface area contributed by atoms with Crippen molar-refractivity contribution in [2.45, 2.75) is 32.3 Å². The lowest BCUT2D eigenvalue weighted by molar-refractivity contribution is 0.0243. The van der Waals surface area contributed by atoms with Crippen LogP contribution in [-0.4, -0.2) is 36.9 Å². The van der Waals surface area contributed by atoms with Crippen LogP contribution in [0.3, 0.4) is 0 Å². The van der Waals surface area contributed by atoms with E-state index in [-0.39, 0.29) is 12.5 Å². The lowest BCUT2D eigenvalue weighted by atomic mass is 10.0. The maximum Gasteiger partial charge on any atom is 0.251 e. The van der Waals surface area contributed by atoms with Crippen molar-refractivity contribution in [3.63, 3.8) is 0 Å². The number of aryl methyl sites for hydroxylation is 1. The van der Waals surface area contributed by atoms with Crippen molar-refractivity contribution in [2.24, 2.45) is 0 Å². The van der Waals surface area contributed by atoms with Gasteiger partial charge in [-0.3, -0.25) is 4.79 Å². The fraction of sp³-hybridized carbons (Fsp3) is 0.533. The van der Waals surface area contributed by atoms with Crippen molar-refractivity contribution in [3.8, 4) is 0 Å². The van der Waals surface area contributed by atoms with Crippen LogP contribution < -0.4 is 5.32 Å². The molecule has 2 N–H and O–H groups in total. The van der Waals surface area contributed by atoms with Gasteiger partial charge in [0.1, 0.15) is 0 Å². The van der Waals surface area contributed by atoms with Crippen LogP contribution in [0.25, 0.3) is 0 Å². The highest BCUT2D eigenvalue weighted by Gasteiger charge is 2.21. The molecule has 4 nitrogen and oxygen atoms in total. The van der Waals surface area contributed by atoms with Gasteiger partial charge in [0.05, 0.1) is 5.60 Å². The fourth-order valence-electron chi connectivity index (χ4n) is 1.67. The third-order valence-electron chi connectivity index (χ3n) is 3.10. The van der Waals surface area contributed by atoms with Crippen molar-refractivity contribution in [1.29, 1.82) is 0 Å². The van der Waals surface area contributed by atoms with E-state index < -0.39 is 5.60 Å². The zero-order chi connectivity index (χ0) is 14.3. The van der Waals surface area contributed by atoms with Crippen LogP contribution in [0.15, 0.2) is 24.3 Å². The van der Waals surface area contributed by atoms with Crippen molar-refractivity contribution in [1.82, 2.24) is 5.32 Å². The van der Waals surface area contributed by atoms with Gasteiger partial charge in [0.25, 0.3) is 5.91 Å². The highest BCUT2D eigenvalue weighted by Crippen LogP contribution is 2.09. The Hall–Kier alpha value is -1.39. The third-order valence-corrected chi connectivity index (χ3v) is 3.10. The van der Waals surface area contributed by atoms with Gasteiger partial charge in [-0.2, -0.15) is 0 Å². The molecule has 0 heterocycles. The summed E-state index contributed by atoms with van der Waals surface area (Å²) in [4.78, 5) is 11.9. The first-order chi connectivity index (χ1) is 8.98. The zero-order valence-electron chi connectivity index (χ0n) is 11.9. The number of aliphatic hydroxyl groups is 1. The molecule has 0 bridgehead atoms. The molecular formula is C15H23NO3. The molecule has 1 aromatic carbocycles. The molecule has 0 saturated heterocycles. The number of carbonyl (C=O) groups is 1. The van der Waals surface area contributed by atoms with Gasteiger partial charge < -0.3 is 15.2 Å². The van der Waals surface area contributed by atoms with Gasteiger partial charge in [-0.25, -0.2) is 0 Å². The van der Waals surface area contributed by atoms with E-state index in [1.165, 1.54) is 5.56 Å². The summed E-state index contributed by atoms with van der Waals surface area (Å²) in [7, 11) is 1.59. The lowest BCUT2D eigenvalue weighted by Gasteiger charge is -2.23. The first kappa shape index (κ1) is 15.7. The number of benzene rings is 1. The molecule has 1 atom stereocenters. The zero-order valence-corrected chi connectivity index (χ0v) is 11.9. The number of rotatable bonds is 7. The van der Waals surface area contributed by atoms with Gasteiger partial charge in [-0.1, -0.05) is 19.1 Å². The second-order valence-corrected chi connectivity index (χ2v) is 4.97. The van der Waals surface area contributed by atoms with E-state index in [2.05, 4.69) is 12.2 Å². The molecular weight excluding hydrogens is 242 g/mol. The Morgan fingerprint density at radius 3 is 2.53 bits per heavy atom. The summed E-state index contributed by atoms with van der Waals surface area (Å²) in [6.07, 6.45) is 1.44. The van der Waals surface area contributed by atoms with Crippen LogP contribution in [0.4, 0.5) is 0 Å². The highest BCUT2D eigenvalue weighted by molar-refractivity contribution is 5.94. The largest absolute Gasteiger partial charge is 0.388 e. The van der Waals surface area contributed by atoms with Crippen LogP contribution in [0, 0.1) is 0 Å². The maximum atomic E-state index is 11.9. The summed E-state index contributed by atoms with van der Waals surface area (Å²) >= 11 is 0. The summed E-state index contributed by atoms with van der Waals surface area (Å²) in [5.74, 6) is -0.166. The van der Waals surface area contributed by atoms with Gasteiger partial charge in [0.2, 0.25) is 0 Å². The molecule has 1 rings (SSSR count). The van der Waals surface area contributed by atoms with Gasteiger partial charge in [0, 0.05) is 32.2 Å². The number of nitrogens with one attached hydrogen (secondary N) is 1. The predicted molar refractivity (Wildman–Crippen MR) is 75.3 cm³/mol. The molecule has 1 amide bonds. The van der Waals surface area contributed by atoms with E-state index in [1.807, 2.05) is 12.1 Å². The number of amides is 1. The van der Waals surface area contributed by atoms with Gasteiger partial charge in [-0.05, 0) is 31.0 Å². The van der Waals surface area contributed by atoms with E-state index in [1.54, 1.807) is 26.2 Å². The molecule has 0 aromatic heterocycles. The monoisotopic (exact) mass is 265 g/mol. The molecule has 19 heavy (non-hydrogen) atoms. The molecule has 4 heteroatoms. The molecule has 1 aromatic rings. The second kappa shape index (κ2) is 7.26. The quantitative estimate of drug-likeness (QED) is 0.790. The molecule has 0 fully saturated rings. The van der Waals surface area contributed by atoms with Crippen LogP contribution in [0.1, 0.15) is 36.2 Å². The first-order valence-electron chi connectivity index (χ1n) is 6.57. The van der Waals surface area contributed by atoms with E-state index >= 15 is 0 Å². The smallest absolute Gasteiger partial charge is 0.251 e. The van der Waals surface area contributed by atoms with E-state index in [0.717, 1.165) is 6.42 Å². The minimum Gasteiger partial charge on any atom is -0.388 e. The van der Waals surface area contributed by atoms with E-state index in [9.17, 15) is 9.90 Å². The Morgan fingerprint density at radius 1 is 1.37 bits per heavy atom.